The summed E-state index contributed by atoms with van der Waals surface area (Å²) in [6.07, 6.45) is 13.6. The molecule has 0 spiro atoms. The van der Waals surface area contributed by atoms with Crippen molar-refractivity contribution in [1.82, 2.24) is 0 Å². The van der Waals surface area contributed by atoms with Gasteiger partial charge in [0.2, 0.25) is 0 Å². The summed E-state index contributed by atoms with van der Waals surface area (Å²) in [5.74, 6) is 1.70. The summed E-state index contributed by atoms with van der Waals surface area (Å²) in [4.78, 5) is 0. The number of hydrogen-bond acceptors (Lipinski definition) is 0. The predicted octanol–water partition coefficient (Wildman–Crippen LogP) is 2.43. The molecule has 0 radical (unpaired) electrons. The molecule has 112 valence electrons. The summed E-state index contributed by atoms with van der Waals surface area (Å²) >= 11 is 0. The minimum atomic E-state index is -0.540. The number of hydrogen-bond donors (Lipinski definition) is 0. The summed E-state index contributed by atoms with van der Waals surface area (Å²) in [6.45, 7) is 12.2. The first kappa shape index (κ1) is 21.2. The van der Waals surface area contributed by atoms with Crippen LogP contribution < -0.4 is 12.4 Å². The van der Waals surface area contributed by atoms with Crippen molar-refractivity contribution in [1.29, 1.82) is 0 Å². The third kappa shape index (κ3) is 9.81. The highest BCUT2D eigenvalue weighted by atomic mass is 35.5. The Balaban J connectivity index is 0. The molecule has 0 N–H and O–H groups in total. The second-order valence-corrected chi connectivity index (χ2v) is 14.4. The lowest BCUT2D eigenvalue weighted by Crippen LogP contribution is -3.00. The van der Waals surface area contributed by atoms with Crippen LogP contribution in [0.3, 0.4) is 0 Å². The molecule has 0 saturated carbocycles. The SMILES string of the molecule is CCCC[P+](CCCC)(CCCC)C[SiH](C)C.[Cl-]. The largest absolute Gasteiger partial charge is 1.00 e. The lowest BCUT2D eigenvalue weighted by Gasteiger charge is -2.29. The van der Waals surface area contributed by atoms with E-state index in [4.69, 9.17) is 0 Å². The molecule has 0 aliphatic carbocycles. The van der Waals surface area contributed by atoms with Crippen molar-refractivity contribution in [2.45, 2.75) is 72.4 Å². The van der Waals surface area contributed by atoms with Crippen LogP contribution in [0.5, 0.6) is 0 Å². The molecule has 18 heavy (non-hydrogen) atoms. The molecule has 0 aromatic heterocycles. The molecule has 0 fully saturated rings. The van der Waals surface area contributed by atoms with E-state index in [0.717, 1.165) is 0 Å². The van der Waals surface area contributed by atoms with Gasteiger partial charge < -0.3 is 12.4 Å². The van der Waals surface area contributed by atoms with Crippen LogP contribution in [0.1, 0.15) is 59.3 Å². The highest BCUT2D eigenvalue weighted by molar-refractivity contribution is 7.77. The van der Waals surface area contributed by atoms with Crippen molar-refractivity contribution in [3.05, 3.63) is 0 Å². The zero-order chi connectivity index (χ0) is 13.1. The van der Waals surface area contributed by atoms with Gasteiger partial charge in [-0.3, -0.25) is 0 Å². The average molecular weight is 311 g/mol. The van der Waals surface area contributed by atoms with Crippen LogP contribution in [0.15, 0.2) is 0 Å². The molecule has 0 bridgehead atoms. The maximum atomic E-state index is 2.57. The van der Waals surface area contributed by atoms with Crippen molar-refractivity contribution in [3.8, 4) is 0 Å². The Morgan fingerprint density at radius 1 is 0.722 bits per heavy atom. The van der Waals surface area contributed by atoms with Crippen molar-refractivity contribution < 1.29 is 12.4 Å². The molecule has 0 atom stereocenters. The Morgan fingerprint density at radius 3 is 1.28 bits per heavy atom. The van der Waals surface area contributed by atoms with E-state index in [-0.39, 0.29) is 21.2 Å². The standard InChI is InChI=1S/C15H36PSi.ClH/c1-6-9-12-16(13-10-7-2,14-11-8-3)15-17(4)5;/h17H,6-15H2,1-5H3;1H/q+1;/p-1. The van der Waals surface area contributed by atoms with Crippen LogP contribution in [-0.4, -0.2) is 33.1 Å². The van der Waals surface area contributed by atoms with Gasteiger partial charge in [0.1, 0.15) is 0 Å². The highest BCUT2D eigenvalue weighted by Gasteiger charge is 2.35. The molecule has 0 amide bonds. The fraction of sp³-hybridized carbons (Fsp3) is 1.00. The molecular weight excluding hydrogens is 275 g/mol. The molecule has 0 aliphatic rings. The van der Waals surface area contributed by atoms with Gasteiger partial charge in [0.25, 0.3) is 0 Å². The molecular formula is C15H36ClPSi. The molecule has 0 heterocycles. The van der Waals surface area contributed by atoms with Crippen LogP contribution in [0.25, 0.3) is 0 Å². The van der Waals surface area contributed by atoms with E-state index in [2.05, 4.69) is 33.9 Å². The van der Waals surface area contributed by atoms with E-state index in [0.29, 0.717) is 0 Å². The third-order valence-electron chi connectivity index (χ3n) is 3.71. The molecule has 0 aromatic rings. The highest BCUT2D eigenvalue weighted by Crippen LogP contribution is 2.60. The van der Waals surface area contributed by atoms with E-state index in [1.807, 2.05) is 0 Å². The fourth-order valence-electron chi connectivity index (χ4n) is 2.86. The molecule has 0 aromatic carbocycles. The normalized spacial score (nSPS) is 11.7. The van der Waals surface area contributed by atoms with Crippen molar-refractivity contribution in [2.75, 3.05) is 24.3 Å². The topological polar surface area (TPSA) is 0 Å². The first-order valence-electron chi connectivity index (χ1n) is 7.95. The Labute approximate surface area is 125 Å². The maximum Gasteiger partial charge on any atom is 0.0760 e. The van der Waals surface area contributed by atoms with Gasteiger partial charge in [-0.2, -0.15) is 0 Å². The van der Waals surface area contributed by atoms with Crippen LogP contribution in [0.2, 0.25) is 13.1 Å². The van der Waals surface area contributed by atoms with Gasteiger partial charge in [-0.05, 0) is 19.3 Å². The smallest absolute Gasteiger partial charge is 0.0760 e. The van der Waals surface area contributed by atoms with Crippen molar-refractivity contribution >= 4 is 16.1 Å². The minimum Gasteiger partial charge on any atom is -1.00 e. The summed E-state index contributed by atoms with van der Waals surface area (Å²) < 4.78 is 0. The number of rotatable bonds is 11. The summed E-state index contributed by atoms with van der Waals surface area (Å²) in [5, 5.41) is 0. The molecule has 3 heteroatoms. The monoisotopic (exact) mass is 310 g/mol. The van der Waals surface area contributed by atoms with Gasteiger partial charge in [-0.15, -0.1) is 0 Å². The molecule has 0 aliphatic heterocycles. The molecule has 0 saturated heterocycles. The molecule has 0 unspecified atom stereocenters. The van der Waals surface area contributed by atoms with Crippen LogP contribution in [-0.2, 0) is 0 Å². The predicted molar refractivity (Wildman–Crippen MR) is 90.0 cm³/mol. The first-order chi connectivity index (χ1) is 8.10. The number of unbranched alkanes of at least 4 members (excludes halogenated alkanes) is 3. The van der Waals surface area contributed by atoms with Gasteiger partial charge in [-0.25, -0.2) is 0 Å². The second kappa shape index (κ2) is 12.9. The first-order valence-corrected chi connectivity index (χ1v) is 13.6. The average Bonchev–Trinajstić information content (AvgIpc) is 2.30. The minimum absolute atomic E-state index is 0. The zero-order valence-electron chi connectivity index (χ0n) is 13.5. The summed E-state index contributed by atoms with van der Waals surface area (Å²) in [6, 6.07) is 0. The zero-order valence-corrected chi connectivity index (χ0v) is 16.3. The van der Waals surface area contributed by atoms with Gasteiger partial charge in [0, 0.05) is 13.0 Å². The van der Waals surface area contributed by atoms with Gasteiger partial charge in [-0.1, -0.05) is 53.1 Å². The van der Waals surface area contributed by atoms with E-state index in [9.17, 15) is 0 Å². The maximum absolute atomic E-state index is 2.57. The quantitative estimate of drug-likeness (QED) is 0.406. The van der Waals surface area contributed by atoms with Crippen LogP contribution in [0.4, 0.5) is 0 Å². The van der Waals surface area contributed by atoms with Crippen molar-refractivity contribution in [3.63, 3.8) is 0 Å². The lowest BCUT2D eigenvalue weighted by atomic mass is 10.4. The van der Waals surface area contributed by atoms with E-state index >= 15 is 0 Å². The Bertz CT molecular complexity index is 152. The van der Waals surface area contributed by atoms with E-state index < -0.39 is 7.26 Å². The Hall–Kier alpha value is 0.937. The summed E-state index contributed by atoms with van der Waals surface area (Å²) in [5.41, 5.74) is 0. The lowest BCUT2D eigenvalue weighted by molar-refractivity contribution is -0.00000413. The van der Waals surface area contributed by atoms with Crippen molar-refractivity contribution in [2.24, 2.45) is 0 Å². The summed E-state index contributed by atoms with van der Waals surface area (Å²) in [7, 11) is -0.914. The van der Waals surface area contributed by atoms with Gasteiger partial charge >= 0.3 is 0 Å². The fourth-order valence-corrected chi connectivity index (χ4v) is 14.9. The Kier molecular flexibility index (Phi) is 15.3. The van der Waals surface area contributed by atoms with Gasteiger partial charge in [0.15, 0.2) is 0 Å². The number of halogens is 1. The van der Waals surface area contributed by atoms with E-state index in [1.54, 1.807) is 24.3 Å². The third-order valence-corrected chi connectivity index (χ3v) is 13.5. The van der Waals surface area contributed by atoms with Gasteiger partial charge in [0.05, 0.1) is 27.3 Å². The van der Waals surface area contributed by atoms with Crippen LogP contribution >= 0.6 is 7.26 Å². The molecule has 0 nitrogen and oxygen atoms in total. The Morgan fingerprint density at radius 2 is 1.06 bits per heavy atom. The van der Waals surface area contributed by atoms with E-state index in [1.165, 1.54) is 38.5 Å². The molecule has 0 rings (SSSR count). The second-order valence-electron chi connectivity index (χ2n) is 6.15. The van der Waals surface area contributed by atoms with Crippen LogP contribution in [0, 0.1) is 0 Å².